The van der Waals surface area contributed by atoms with E-state index < -0.39 is 6.04 Å². The van der Waals surface area contributed by atoms with Crippen LogP contribution in [0.25, 0.3) is 0 Å². The van der Waals surface area contributed by atoms with Crippen molar-refractivity contribution < 1.29 is 9.21 Å². The molecule has 0 saturated heterocycles. The van der Waals surface area contributed by atoms with Gasteiger partial charge in [-0.1, -0.05) is 0 Å². The Bertz CT molecular complexity index is 484. The highest BCUT2D eigenvalue weighted by molar-refractivity contribution is 5.83. The molecule has 0 radical (unpaired) electrons. The first-order chi connectivity index (χ1) is 8.75. The lowest BCUT2D eigenvalue weighted by atomic mass is 10.3. The first kappa shape index (κ1) is 12.1. The standard InChI is InChI=1S/C12H14N4O2/c1-9(16-12-13-5-3-6-14-12)11(17)15-8-10-4-2-7-18-10/h2-7,9H,8H2,1H3,(H,15,17)(H,13,14,16). The molecule has 1 amide bonds. The van der Waals surface area contributed by atoms with Gasteiger partial charge in [0.2, 0.25) is 11.9 Å². The quantitative estimate of drug-likeness (QED) is 0.828. The SMILES string of the molecule is CC(Nc1ncccn1)C(=O)NCc1ccco1. The van der Waals surface area contributed by atoms with Crippen molar-refractivity contribution in [2.75, 3.05) is 5.32 Å². The molecule has 0 aliphatic heterocycles. The highest BCUT2D eigenvalue weighted by Gasteiger charge is 2.13. The lowest BCUT2D eigenvalue weighted by Gasteiger charge is -2.12. The van der Waals surface area contributed by atoms with Gasteiger partial charge in [0, 0.05) is 12.4 Å². The summed E-state index contributed by atoms with van der Waals surface area (Å²) in [6.07, 6.45) is 4.80. The average Bonchev–Trinajstić information content (AvgIpc) is 2.90. The third-order valence-electron chi connectivity index (χ3n) is 2.32. The van der Waals surface area contributed by atoms with E-state index in [2.05, 4.69) is 20.6 Å². The van der Waals surface area contributed by atoms with Crippen LogP contribution >= 0.6 is 0 Å². The first-order valence-corrected chi connectivity index (χ1v) is 5.59. The number of furan rings is 1. The molecule has 6 heteroatoms. The molecule has 2 heterocycles. The molecule has 1 atom stereocenters. The third-order valence-corrected chi connectivity index (χ3v) is 2.32. The highest BCUT2D eigenvalue weighted by atomic mass is 16.3. The lowest BCUT2D eigenvalue weighted by molar-refractivity contribution is -0.121. The van der Waals surface area contributed by atoms with Crippen molar-refractivity contribution in [3.05, 3.63) is 42.6 Å². The molecule has 0 fully saturated rings. The fourth-order valence-corrected chi connectivity index (χ4v) is 1.37. The predicted molar refractivity (Wildman–Crippen MR) is 65.7 cm³/mol. The van der Waals surface area contributed by atoms with E-state index in [4.69, 9.17) is 4.42 Å². The van der Waals surface area contributed by atoms with Crippen molar-refractivity contribution in [2.24, 2.45) is 0 Å². The minimum atomic E-state index is -0.414. The van der Waals surface area contributed by atoms with E-state index in [0.29, 0.717) is 18.3 Å². The van der Waals surface area contributed by atoms with Crippen molar-refractivity contribution in [3.63, 3.8) is 0 Å². The summed E-state index contributed by atoms with van der Waals surface area (Å²) in [5.74, 6) is 1.00. The Morgan fingerprint density at radius 2 is 2.17 bits per heavy atom. The molecular formula is C12H14N4O2. The van der Waals surface area contributed by atoms with E-state index >= 15 is 0 Å². The molecule has 94 valence electrons. The van der Waals surface area contributed by atoms with Gasteiger partial charge >= 0.3 is 0 Å². The van der Waals surface area contributed by atoms with Crippen molar-refractivity contribution in [1.29, 1.82) is 0 Å². The van der Waals surface area contributed by atoms with Crippen molar-refractivity contribution in [1.82, 2.24) is 15.3 Å². The molecule has 0 aromatic carbocycles. The number of hydrogen-bond donors (Lipinski definition) is 2. The summed E-state index contributed by atoms with van der Waals surface area (Å²) < 4.78 is 5.12. The van der Waals surface area contributed by atoms with Crippen LogP contribution in [-0.2, 0) is 11.3 Å². The summed E-state index contributed by atoms with van der Waals surface area (Å²) in [6.45, 7) is 2.11. The van der Waals surface area contributed by atoms with Crippen molar-refractivity contribution in [2.45, 2.75) is 19.5 Å². The maximum atomic E-state index is 11.8. The zero-order valence-corrected chi connectivity index (χ0v) is 9.96. The van der Waals surface area contributed by atoms with E-state index in [1.165, 1.54) is 0 Å². The Kier molecular flexibility index (Phi) is 3.90. The van der Waals surface area contributed by atoms with E-state index in [-0.39, 0.29) is 5.91 Å². The Morgan fingerprint density at radius 1 is 1.39 bits per heavy atom. The van der Waals surface area contributed by atoms with Gasteiger partial charge in [-0.05, 0) is 25.1 Å². The monoisotopic (exact) mass is 246 g/mol. The van der Waals surface area contributed by atoms with Gasteiger partial charge in [0.1, 0.15) is 11.8 Å². The zero-order valence-electron chi connectivity index (χ0n) is 9.96. The topological polar surface area (TPSA) is 80.0 Å². The number of aromatic nitrogens is 2. The molecule has 2 rings (SSSR count). The molecule has 2 aromatic rings. The second-order valence-electron chi connectivity index (χ2n) is 3.74. The summed E-state index contributed by atoms with van der Waals surface area (Å²) in [4.78, 5) is 19.8. The van der Waals surface area contributed by atoms with Crippen LogP contribution in [0.3, 0.4) is 0 Å². The Balaban J connectivity index is 1.82. The van der Waals surface area contributed by atoms with Crippen molar-refractivity contribution >= 4 is 11.9 Å². The van der Waals surface area contributed by atoms with Gasteiger partial charge in [0.25, 0.3) is 0 Å². The summed E-state index contributed by atoms with van der Waals surface area (Å²) in [7, 11) is 0. The maximum absolute atomic E-state index is 11.8. The highest BCUT2D eigenvalue weighted by Crippen LogP contribution is 2.01. The van der Waals surface area contributed by atoms with Gasteiger partial charge in [-0.25, -0.2) is 9.97 Å². The molecule has 2 N–H and O–H groups in total. The largest absolute Gasteiger partial charge is 0.467 e. The number of hydrogen-bond acceptors (Lipinski definition) is 5. The van der Waals surface area contributed by atoms with E-state index in [1.807, 2.05) is 0 Å². The average molecular weight is 246 g/mol. The minimum absolute atomic E-state index is 0.140. The maximum Gasteiger partial charge on any atom is 0.242 e. The predicted octanol–water partition coefficient (Wildman–Crippen LogP) is 1.19. The summed E-state index contributed by atoms with van der Waals surface area (Å²) in [5, 5.41) is 5.66. The third kappa shape index (κ3) is 3.31. The van der Waals surface area contributed by atoms with Crippen LogP contribution in [0.15, 0.2) is 41.3 Å². The number of rotatable bonds is 5. The van der Waals surface area contributed by atoms with Gasteiger partial charge < -0.3 is 15.1 Å². The Hall–Kier alpha value is -2.37. The molecule has 0 spiro atoms. The lowest BCUT2D eigenvalue weighted by Crippen LogP contribution is -2.37. The second-order valence-corrected chi connectivity index (χ2v) is 3.74. The number of nitrogens with zero attached hydrogens (tertiary/aromatic N) is 2. The van der Waals surface area contributed by atoms with Crippen LogP contribution in [0.2, 0.25) is 0 Å². The van der Waals surface area contributed by atoms with Crippen LogP contribution in [0.5, 0.6) is 0 Å². The fourth-order valence-electron chi connectivity index (χ4n) is 1.37. The molecule has 6 nitrogen and oxygen atoms in total. The number of carbonyl (C=O) groups excluding carboxylic acids is 1. The van der Waals surface area contributed by atoms with Crippen LogP contribution in [0, 0.1) is 0 Å². The van der Waals surface area contributed by atoms with Crippen LogP contribution in [-0.4, -0.2) is 21.9 Å². The molecule has 0 saturated carbocycles. The van der Waals surface area contributed by atoms with Crippen LogP contribution in [0.4, 0.5) is 5.95 Å². The second kappa shape index (κ2) is 5.81. The number of carbonyl (C=O) groups is 1. The molecule has 2 aromatic heterocycles. The van der Waals surface area contributed by atoms with E-state index in [1.54, 1.807) is 43.8 Å². The smallest absolute Gasteiger partial charge is 0.242 e. The van der Waals surface area contributed by atoms with E-state index in [0.717, 1.165) is 0 Å². The molecule has 0 aliphatic rings. The molecular weight excluding hydrogens is 232 g/mol. The molecule has 0 aliphatic carbocycles. The molecule has 0 bridgehead atoms. The van der Waals surface area contributed by atoms with Crippen LogP contribution < -0.4 is 10.6 Å². The van der Waals surface area contributed by atoms with Crippen LogP contribution in [0.1, 0.15) is 12.7 Å². The zero-order chi connectivity index (χ0) is 12.8. The molecule has 1 unspecified atom stereocenters. The number of amides is 1. The summed E-state index contributed by atoms with van der Waals surface area (Å²) >= 11 is 0. The van der Waals surface area contributed by atoms with Gasteiger partial charge in [-0.2, -0.15) is 0 Å². The van der Waals surface area contributed by atoms with Crippen molar-refractivity contribution in [3.8, 4) is 0 Å². The summed E-state index contributed by atoms with van der Waals surface area (Å²) in [6, 6.07) is 4.88. The normalized spacial score (nSPS) is 11.8. The number of nitrogens with one attached hydrogen (secondary N) is 2. The Morgan fingerprint density at radius 3 is 2.83 bits per heavy atom. The van der Waals surface area contributed by atoms with Gasteiger partial charge in [-0.15, -0.1) is 0 Å². The van der Waals surface area contributed by atoms with Gasteiger partial charge in [-0.3, -0.25) is 4.79 Å². The summed E-state index contributed by atoms with van der Waals surface area (Å²) in [5.41, 5.74) is 0. The van der Waals surface area contributed by atoms with E-state index in [9.17, 15) is 4.79 Å². The first-order valence-electron chi connectivity index (χ1n) is 5.59. The van der Waals surface area contributed by atoms with Gasteiger partial charge in [0.15, 0.2) is 0 Å². The number of anilines is 1. The molecule has 18 heavy (non-hydrogen) atoms. The Labute approximate surface area is 104 Å². The minimum Gasteiger partial charge on any atom is -0.467 e. The fraction of sp³-hybridized carbons (Fsp3) is 0.250. The van der Waals surface area contributed by atoms with Gasteiger partial charge in [0.05, 0.1) is 12.8 Å².